The lowest BCUT2D eigenvalue weighted by Gasteiger charge is -2.15. The van der Waals surface area contributed by atoms with Gasteiger partial charge >= 0.3 is 5.97 Å². The molecule has 2 N–H and O–H groups in total. The van der Waals surface area contributed by atoms with Gasteiger partial charge in [0.15, 0.2) is 6.04 Å². The van der Waals surface area contributed by atoms with Crippen LogP contribution in [0.1, 0.15) is 21.4 Å². The average molecular weight is 261 g/mol. The van der Waals surface area contributed by atoms with Gasteiger partial charge in [-0.2, -0.15) is 0 Å². The highest BCUT2D eigenvalue weighted by molar-refractivity contribution is 7.12. The van der Waals surface area contributed by atoms with Crippen molar-refractivity contribution in [2.24, 2.45) is 0 Å². The Balaban J connectivity index is 2.30. The Kier molecular flexibility index (Phi) is 3.67. The topological polar surface area (TPSA) is 49.3 Å². The van der Waals surface area contributed by atoms with E-state index in [1.807, 2.05) is 50.2 Å². The Bertz CT molecular complexity index is 548. The van der Waals surface area contributed by atoms with Crippen molar-refractivity contribution >= 4 is 23.0 Å². The first-order valence-electron chi connectivity index (χ1n) is 5.69. The zero-order valence-corrected chi connectivity index (χ0v) is 11.1. The van der Waals surface area contributed by atoms with Gasteiger partial charge in [0, 0.05) is 15.4 Å². The van der Waals surface area contributed by atoms with Gasteiger partial charge in [-0.25, -0.2) is 4.79 Å². The van der Waals surface area contributed by atoms with Crippen molar-refractivity contribution < 1.29 is 9.90 Å². The number of para-hydroxylation sites is 1. The van der Waals surface area contributed by atoms with Crippen molar-refractivity contribution in [1.82, 2.24) is 0 Å². The Labute approximate surface area is 110 Å². The summed E-state index contributed by atoms with van der Waals surface area (Å²) < 4.78 is 0. The Morgan fingerprint density at radius 2 is 1.94 bits per heavy atom. The van der Waals surface area contributed by atoms with Gasteiger partial charge in [-0.3, -0.25) is 0 Å². The van der Waals surface area contributed by atoms with Crippen LogP contribution >= 0.6 is 11.3 Å². The fourth-order valence-electron chi connectivity index (χ4n) is 1.91. The molecule has 94 valence electrons. The van der Waals surface area contributed by atoms with Gasteiger partial charge in [0.1, 0.15) is 0 Å². The van der Waals surface area contributed by atoms with Crippen LogP contribution in [-0.2, 0) is 4.79 Å². The second kappa shape index (κ2) is 5.23. The van der Waals surface area contributed by atoms with E-state index < -0.39 is 12.0 Å². The fraction of sp³-hybridized carbons (Fsp3) is 0.214. The second-order valence-electron chi connectivity index (χ2n) is 4.15. The highest BCUT2D eigenvalue weighted by Crippen LogP contribution is 2.29. The Morgan fingerprint density at radius 3 is 2.44 bits per heavy atom. The van der Waals surface area contributed by atoms with Crippen molar-refractivity contribution in [2.45, 2.75) is 19.9 Å². The number of carbonyl (C=O) groups is 1. The minimum atomic E-state index is -0.861. The first-order chi connectivity index (χ1) is 8.58. The number of hydrogen-bond donors (Lipinski definition) is 2. The molecular formula is C14H15NO2S. The third-order valence-electron chi connectivity index (χ3n) is 2.72. The maximum Gasteiger partial charge on any atom is 0.330 e. The zero-order valence-electron chi connectivity index (χ0n) is 10.3. The Hall–Kier alpha value is -1.81. The van der Waals surface area contributed by atoms with Crippen LogP contribution in [0.3, 0.4) is 0 Å². The SMILES string of the molecule is Cc1cc(C(Nc2ccccc2)C(=O)O)c(C)s1. The lowest BCUT2D eigenvalue weighted by Crippen LogP contribution is -2.20. The van der Waals surface area contributed by atoms with E-state index in [0.29, 0.717) is 0 Å². The fourth-order valence-corrected chi connectivity index (χ4v) is 2.87. The Morgan fingerprint density at radius 1 is 1.28 bits per heavy atom. The van der Waals surface area contributed by atoms with E-state index in [-0.39, 0.29) is 0 Å². The third-order valence-corrected chi connectivity index (χ3v) is 3.70. The molecule has 1 atom stereocenters. The summed E-state index contributed by atoms with van der Waals surface area (Å²) in [4.78, 5) is 13.6. The molecule has 0 aliphatic heterocycles. The van der Waals surface area contributed by atoms with Crippen molar-refractivity contribution in [2.75, 3.05) is 5.32 Å². The van der Waals surface area contributed by atoms with Crippen LogP contribution < -0.4 is 5.32 Å². The number of anilines is 1. The number of nitrogens with one attached hydrogen (secondary N) is 1. The number of hydrogen-bond acceptors (Lipinski definition) is 3. The smallest absolute Gasteiger partial charge is 0.330 e. The predicted octanol–water partition coefficient (Wildman–Crippen LogP) is 3.60. The average Bonchev–Trinajstić information content (AvgIpc) is 2.66. The molecule has 1 aromatic carbocycles. The summed E-state index contributed by atoms with van der Waals surface area (Å²) in [5.41, 5.74) is 1.65. The molecule has 0 fully saturated rings. The van der Waals surface area contributed by atoms with Crippen LogP contribution in [0.15, 0.2) is 36.4 Å². The maximum absolute atomic E-state index is 11.4. The summed E-state index contributed by atoms with van der Waals surface area (Å²) in [6, 6.07) is 10.6. The van der Waals surface area contributed by atoms with Gasteiger partial charge in [0.05, 0.1) is 0 Å². The minimum absolute atomic E-state index is 0.697. The van der Waals surface area contributed by atoms with Crippen molar-refractivity contribution in [1.29, 1.82) is 0 Å². The highest BCUT2D eigenvalue weighted by atomic mass is 32.1. The predicted molar refractivity (Wildman–Crippen MR) is 74.2 cm³/mol. The second-order valence-corrected chi connectivity index (χ2v) is 5.61. The molecule has 0 saturated carbocycles. The first-order valence-corrected chi connectivity index (χ1v) is 6.51. The lowest BCUT2D eigenvalue weighted by atomic mass is 10.1. The quantitative estimate of drug-likeness (QED) is 0.884. The minimum Gasteiger partial charge on any atom is -0.479 e. The molecule has 2 aromatic rings. The van der Waals surface area contributed by atoms with Gasteiger partial charge in [0.2, 0.25) is 0 Å². The van der Waals surface area contributed by atoms with Crippen LogP contribution in [0, 0.1) is 13.8 Å². The van der Waals surface area contributed by atoms with Crippen LogP contribution in [0.25, 0.3) is 0 Å². The number of aliphatic carboxylic acids is 1. The van der Waals surface area contributed by atoms with Crippen LogP contribution in [-0.4, -0.2) is 11.1 Å². The molecule has 4 heteroatoms. The van der Waals surface area contributed by atoms with Gasteiger partial charge in [-0.05, 0) is 37.6 Å². The van der Waals surface area contributed by atoms with Crippen LogP contribution in [0.2, 0.25) is 0 Å². The lowest BCUT2D eigenvalue weighted by molar-refractivity contribution is -0.138. The third kappa shape index (κ3) is 2.71. The summed E-state index contributed by atoms with van der Waals surface area (Å²) >= 11 is 1.62. The number of carboxylic acids is 1. The molecule has 2 rings (SSSR count). The molecule has 3 nitrogen and oxygen atoms in total. The van der Waals surface area contributed by atoms with E-state index in [2.05, 4.69) is 5.32 Å². The molecule has 0 radical (unpaired) electrons. The summed E-state index contributed by atoms with van der Waals surface area (Å²) in [6.07, 6.45) is 0. The van der Waals surface area contributed by atoms with E-state index in [0.717, 1.165) is 21.0 Å². The molecule has 1 unspecified atom stereocenters. The summed E-state index contributed by atoms with van der Waals surface area (Å²) in [5.74, 6) is -0.861. The van der Waals surface area contributed by atoms with Gasteiger partial charge in [0.25, 0.3) is 0 Å². The summed E-state index contributed by atoms with van der Waals surface area (Å²) in [7, 11) is 0. The molecule has 1 heterocycles. The van der Waals surface area contributed by atoms with Gasteiger partial charge < -0.3 is 10.4 Å². The molecule has 0 aliphatic carbocycles. The summed E-state index contributed by atoms with van der Waals surface area (Å²) in [5, 5.41) is 12.4. The first kappa shape index (κ1) is 12.6. The molecule has 1 aromatic heterocycles. The molecule has 18 heavy (non-hydrogen) atoms. The molecule has 0 aliphatic rings. The van der Waals surface area contributed by atoms with E-state index in [1.165, 1.54) is 0 Å². The standard InChI is InChI=1S/C14H15NO2S/c1-9-8-12(10(2)18-9)13(14(16)17)15-11-6-4-3-5-7-11/h3-8,13,15H,1-2H3,(H,16,17). The van der Waals surface area contributed by atoms with E-state index >= 15 is 0 Å². The number of aryl methyl sites for hydroxylation is 2. The van der Waals surface area contributed by atoms with E-state index in [9.17, 15) is 9.90 Å². The van der Waals surface area contributed by atoms with Crippen molar-refractivity contribution in [3.8, 4) is 0 Å². The molecule has 0 spiro atoms. The van der Waals surface area contributed by atoms with Crippen molar-refractivity contribution in [3.05, 3.63) is 51.7 Å². The number of rotatable bonds is 4. The van der Waals surface area contributed by atoms with E-state index in [4.69, 9.17) is 0 Å². The van der Waals surface area contributed by atoms with Crippen LogP contribution in [0.4, 0.5) is 5.69 Å². The molecule has 0 amide bonds. The largest absolute Gasteiger partial charge is 0.479 e. The number of benzene rings is 1. The normalized spacial score (nSPS) is 12.1. The van der Waals surface area contributed by atoms with Crippen LogP contribution in [0.5, 0.6) is 0 Å². The maximum atomic E-state index is 11.4. The number of thiophene rings is 1. The zero-order chi connectivity index (χ0) is 13.1. The summed E-state index contributed by atoms with van der Waals surface area (Å²) in [6.45, 7) is 3.94. The molecular weight excluding hydrogens is 246 g/mol. The molecule has 0 saturated heterocycles. The molecule has 0 bridgehead atoms. The number of carboxylic acid groups (broad SMARTS) is 1. The highest BCUT2D eigenvalue weighted by Gasteiger charge is 2.22. The van der Waals surface area contributed by atoms with E-state index in [1.54, 1.807) is 11.3 Å². The monoisotopic (exact) mass is 261 g/mol. The van der Waals surface area contributed by atoms with Crippen molar-refractivity contribution in [3.63, 3.8) is 0 Å². The van der Waals surface area contributed by atoms with Gasteiger partial charge in [-0.1, -0.05) is 18.2 Å². The van der Waals surface area contributed by atoms with Gasteiger partial charge in [-0.15, -0.1) is 11.3 Å².